The molecule has 1 amide bonds. The third kappa shape index (κ3) is 2.80. The summed E-state index contributed by atoms with van der Waals surface area (Å²) in [5.41, 5.74) is 5.80. The Labute approximate surface area is 103 Å². The highest BCUT2D eigenvalue weighted by molar-refractivity contribution is 5.82. The number of ether oxygens (including phenoxy) is 1. The lowest BCUT2D eigenvalue weighted by molar-refractivity contribution is -0.144. The minimum Gasteiger partial charge on any atom is -0.368 e. The van der Waals surface area contributed by atoms with Crippen molar-refractivity contribution in [2.24, 2.45) is 11.7 Å². The summed E-state index contributed by atoms with van der Waals surface area (Å²) in [5, 5.41) is 0. The molecule has 0 saturated carbocycles. The van der Waals surface area contributed by atoms with Gasteiger partial charge in [-0.25, -0.2) is 0 Å². The van der Waals surface area contributed by atoms with Crippen molar-refractivity contribution in [3.8, 4) is 0 Å². The zero-order chi connectivity index (χ0) is 12.3. The van der Waals surface area contributed by atoms with E-state index in [2.05, 4.69) is 6.92 Å². The first kappa shape index (κ1) is 12.8. The first-order valence-electron chi connectivity index (χ1n) is 6.86. The van der Waals surface area contributed by atoms with E-state index in [1.165, 1.54) is 12.8 Å². The summed E-state index contributed by atoms with van der Waals surface area (Å²) in [7, 11) is 0. The average Bonchev–Trinajstić information content (AvgIpc) is 2.64. The van der Waals surface area contributed by atoms with Crippen LogP contribution in [0.4, 0.5) is 0 Å². The third-order valence-corrected chi connectivity index (χ3v) is 4.06. The lowest BCUT2D eigenvalue weighted by Gasteiger charge is -2.32. The molecule has 4 heteroatoms. The number of hydrogen-bond donors (Lipinski definition) is 1. The van der Waals surface area contributed by atoms with Crippen LogP contribution in [0.15, 0.2) is 0 Å². The van der Waals surface area contributed by atoms with Gasteiger partial charge in [-0.05, 0) is 25.2 Å². The van der Waals surface area contributed by atoms with Crippen molar-refractivity contribution in [2.45, 2.75) is 51.2 Å². The lowest BCUT2D eigenvalue weighted by Crippen LogP contribution is -2.49. The molecule has 0 bridgehead atoms. The molecule has 0 radical (unpaired) electrons. The van der Waals surface area contributed by atoms with Crippen LogP contribution in [0.5, 0.6) is 0 Å². The molecule has 0 aromatic rings. The molecule has 0 aromatic carbocycles. The van der Waals surface area contributed by atoms with Crippen LogP contribution in [-0.2, 0) is 9.53 Å². The van der Waals surface area contributed by atoms with Crippen LogP contribution in [-0.4, -0.2) is 42.6 Å². The van der Waals surface area contributed by atoms with Gasteiger partial charge < -0.3 is 15.4 Å². The molecule has 0 aliphatic carbocycles. The summed E-state index contributed by atoms with van der Waals surface area (Å²) < 4.78 is 5.58. The second kappa shape index (κ2) is 5.83. The number of carbonyl (C=O) groups excluding carboxylic acids is 1. The van der Waals surface area contributed by atoms with Gasteiger partial charge in [-0.15, -0.1) is 0 Å². The average molecular weight is 240 g/mol. The molecule has 2 fully saturated rings. The molecular formula is C13H24N2O2. The van der Waals surface area contributed by atoms with Crippen LogP contribution in [0.25, 0.3) is 0 Å². The number of amides is 1. The maximum absolute atomic E-state index is 12.5. The second-order valence-electron chi connectivity index (χ2n) is 5.33. The molecule has 2 saturated heterocycles. The number of likely N-dealkylation sites (tertiary alicyclic amines) is 1. The Kier molecular flexibility index (Phi) is 4.40. The molecule has 2 aliphatic heterocycles. The van der Waals surface area contributed by atoms with Crippen LogP contribution in [0.2, 0.25) is 0 Å². The van der Waals surface area contributed by atoms with Crippen molar-refractivity contribution in [3.63, 3.8) is 0 Å². The summed E-state index contributed by atoms with van der Waals surface area (Å²) in [4.78, 5) is 14.5. The first-order valence-corrected chi connectivity index (χ1v) is 6.86. The van der Waals surface area contributed by atoms with E-state index in [1.54, 1.807) is 0 Å². The zero-order valence-electron chi connectivity index (χ0n) is 10.7. The number of nitrogens with zero attached hydrogens (tertiary/aromatic N) is 1. The van der Waals surface area contributed by atoms with Gasteiger partial charge in [0, 0.05) is 25.7 Å². The Hall–Kier alpha value is -0.610. The quantitative estimate of drug-likeness (QED) is 0.787. The Bertz CT molecular complexity index is 270. The Balaban J connectivity index is 2.04. The van der Waals surface area contributed by atoms with Crippen molar-refractivity contribution in [1.29, 1.82) is 0 Å². The fourth-order valence-corrected chi connectivity index (χ4v) is 2.89. The van der Waals surface area contributed by atoms with E-state index >= 15 is 0 Å². The zero-order valence-corrected chi connectivity index (χ0v) is 10.7. The van der Waals surface area contributed by atoms with Crippen molar-refractivity contribution >= 4 is 5.91 Å². The highest BCUT2D eigenvalue weighted by atomic mass is 16.5. The minimum absolute atomic E-state index is 0.173. The Morgan fingerprint density at radius 2 is 2.18 bits per heavy atom. The molecule has 3 atom stereocenters. The molecule has 2 N–H and O–H groups in total. The van der Waals surface area contributed by atoms with E-state index in [-0.39, 0.29) is 18.1 Å². The summed E-state index contributed by atoms with van der Waals surface area (Å²) in [6.45, 7) is 4.25. The predicted molar refractivity (Wildman–Crippen MR) is 66.5 cm³/mol. The third-order valence-electron chi connectivity index (χ3n) is 4.06. The van der Waals surface area contributed by atoms with Crippen LogP contribution in [0, 0.1) is 5.92 Å². The van der Waals surface area contributed by atoms with Crippen molar-refractivity contribution in [2.75, 3.05) is 19.7 Å². The molecule has 98 valence electrons. The van der Waals surface area contributed by atoms with Crippen LogP contribution in [0.3, 0.4) is 0 Å². The summed E-state index contributed by atoms with van der Waals surface area (Å²) in [6.07, 6.45) is 5.32. The Morgan fingerprint density at radius 1 is 1.35 bits per heavy atom. The molecular weight excluding hydrogens is 216 g/mol. The normalized spacial score (nSPS) is 34.7. The van der Waals surface area contributed by atoms with Crippen LogP contribution >= 0.6 is 0 Å². The molecule has 2 rings (SSSR count). The molecule has 0 aromatic heterocycles. The van der Waals surface area contributed by atoms with E-state index in [0.717, 1.165) is 32.4 Å². The van der Waals surface area contributed by atoms with Crippen LogP contribution in [0.1, 0.15) is 39.0 Å². The van der Waals surface area contributed by atoms with Gasteiger partial charge >= 0.3 is 0 Å². The highest BCUT2D eigenvalue weighted by Crippen LogP contribution is 2.25. The summed E-state index contributed by atoms with van der Waals surface area (Å²) >= 11 is 0. The number of hydrogen-bond acceptors (Lipinski definition) is 3. The largest absolute Gasteiger partial charge is 0.368 e. The highest BCUT2D eigenvalue weighted by Gasteiger charge is 2.36. The summed E-state index contributed by atoms with van der Waals surface area (Å²) in [6, 6.07) is 0.224. The molecule has 4 nitrogen and oxygen atoms in total. The molecule has 2 aliphatic rings. The first-order chi connectivity index (χ1) is 8.24. The maximum Gasteiger partial charge on any atom is 0.252 e. The SMILES string of the molecule is CC1CCOC1C(=O)N1CCCCCC1CN. The van der Waals surface area contributed by atoms with E-state index in [9.17, 15) is 4.79 Å². The van der Waals surface area contributed by atoms with Crippen molar-refractivity contribution in [1.82, 2.24) is 4.90 Å². The van der Waals surface area contributed by atoms with Crippen LogP contribution < -0.4 is 5.73 Å². The lowest BCUT2D eigenvalue weighted by atomic mass is 10.0. The fourth-order valence-electron chi connectivity index (χ4n) is 2.89. The molecule has 17 heavy (non-hydrogen) atoms. The number of nitrogens with two attached hydrogens (primary N) is 1. The van der Waals surface area contributed by atoms with Gasteiger partial charge in [-0.2, -0.15) is 0 Å². The molecule has 0 spiro atoms. The van der Waals surface area contributed by atoms with Gasteiger partial charge in [0.2, 0.25) is 0 Å². The minimum atomic E-state index is -0.220. The summed E-state index contributed by atoms with van der Waals surface area (Å²) in [5.74, 6) is 0.525. The fraction of sp³-hybridized carbons (Fsp3) is 0.923. The monoisotopic (exact) mass is 240 g/mol. The van der Waals surface area contributed by atoms with E-state index < -0.39 is 0 Å². The van der Waals surface area contributed by atoms with Gasteiger partial charge in [0.15, 0.2) is 0 Å². The van der Waals surface area contributed by atoms with Gasteiger partial charge in [0.25, 0.3) is 5.91 Å². The van der Waals surface area contributed by atoms with Gasteiger partial charge in [-0.3, -0.25) is 4.79 Å². The van der Waals surface area contributed by atoms with Crippen molar-refractivity contribution in [3.05, 3.63) is 0 Å². The van der Waals surface area contributed by atoms with Crippen molar-refractivity contribution < 1.29 is 9.53 Å². The van der Waals surface area contributed by atoms with Gasteiger partial charge in [0.05, 0.1) is 0 Å². The predicted octanol–water partition coefficient (Wildman–Crippen LogP) is 1.14. The molecule has 2 heterocycles. The smallest absolute Gasteiger partial charge is 0.252 e. The number of rotatable bonds is 2. The topological polar surface area (TPSA) is 55.6 Å². The standard InChI is InChI=1S/C13H24N2O2/c1-10-6-8-17-12(10)13(16)15-7-4-2-3-5-11(15)9-14/h10-12H,2-9,14H2,1H3. The molecule has 3 unspecified atom stereocenters. The van der Waals surface area contributed by atoms with Gasteiger partial charge in [0.1, 0.15) is 6.10 Å². The van der Waals surface area contributed by atoms with E-state index in [4.69, 9.17) is 10.5 Å². The van der Waals surface area contributed by atoms with E-state index in [0.29, 0.717) is 12.5 Å². The maximum atomic E-state index is 12.5. The second-order valence-corrected chi connectivity index (χ2v) is 5.33. The Morgan fingerprint density at radius 3 is 2.82 bits per heavy atom. The van der Waals surface area contributed by atoms with E-state index in [1.807, 2.05) is 4.90 Å². The van der Waals surface area contributed by atoms with Gasteiger partial charge in [-0.1, -0.05) is 19.8 Å². The number of carbonyl (C=O) groups is 1.